The second-order valence-electron chi connectivity index (χ2n) is 3.31. The summed E-state index contributed by atoms with van der Waals surface area (Å²) in [7, 11) is 4.23. The second-order valence-corrected chi connectivity index (χ2v) is 3.31. The molecule has 1 unspecified atom stereocenters. The van der Waals surface area contributed by atoms with Crippen LogP contribution in [0, 0.1) is 5.92 Å². The largest absolute Gasteiger partial charge is 0.320 e. The van der Waals surface area contributed by atoms with Crippen molar-refractivity contribution in [3.8, 4) is 0 Å². The molecule has 0 aromatic heterocycles. The normalized spacial score (nSPS) is 23.0. The van der Waals surface area contributed by atoms with Gasteiger partial charge in [-0.05, 0) is 45.9 Å². The fourth-order valence-electron chi connectivity index (χ4n) is 1.61. The number of hydrogen-bond donors (Lipinski definition) is 1. The van der Waals surface area contributed by atoms with Crippen LogP contribution in [0.5, 0.6) is 0 Å². The number of nitrogens with one attached hydrogen (secondary N) is 1. The van der Waals surface area contributed by atoms with E-state index in [1.54, 1.807) is 0 Å². The summed E-state index contributed by atoms with van der Waals surface area (Å²) in [4.78, 5) is 2.42. The van der Waals surface area contributed by atoms with Crippen LogP contribution in [0.15, 0.2) is 0 Å². The van der Waals surface area contributed by atoms with Crippen LogP contribution in [0.2, 0.25) is 0 Å². The van der Waals surface area contributed by atoms with Gasteiger partial charge in [0.15, 0.2) is 0 Å². The summed E-state index contributed by atoms with van der Waals surface area (Å²) in [5.74, 6) is 0.956. The van der Waals surface area contributed by atoms with Crippen molar-refractivity contribution >= 4 is 24.8 Å². The third kappa shape index (κ3) is 5.20. The van der Waals surface area contributed by atoms with E-state index in [2.05, 4.69) is 17.3 Å². The molecule has 1 saturated heterocycles. The third-order valence-corrected chi connectivity index (χ3v) is 2.29. The summed E-state index contributed by atoms with van der Waals surface area (Å²) in [5, 5.41) is 3.19. The fourth-order valence-corrected chi connectivity index (χ4v) is 1.61. The Morgan fingerprint density at radius 1 is 1.42 bits per heavy atom. The molecule has 0 aliphatic carbocycles. The molecule has 1 heterocycles. The van der Waals surface area contributed by atoms with Crippen LogP contribution >= 0.6 is 24.8 Å². The van der Waals surface area contributed by atoms with Gasteiger partial charge in [-0.25, -0.2) is 0 Å². The van der Waals surface area contributed by atoms with Gasteiger partial charge >= 0.3 is 0 Å². The van der Waals surface area contributed by atoms with Gasteiger partial charge in [-0.2, -0.15) is 0 Å². The highest BCUT2D eigenvalue weighted by Gasteiger charge is 2.17. The van der Waals surface area contributed by atoms with E-state index in [1.165, 1.54) is 32.5 Å². The third-order valence-electron chi connectivity index (χ3n) is 2.29. The zero-order valence-corrected chi connectivity index (χ0v) is 9.51. The van der Waals surface area contributed by atoms with E-state index in [1.807, 2.05) is 7.05 Å². The predicted molar refractivity (Wildman–Crippen MR) is 58.6 cm³/mol. The van der Waals surface area contributed by atoms with E-state index in [0.29, 0.717) is 0 Å². The summed E-state index contributed by atoms with van der Waals surface area (Å²) < 4.78 is 0. The van der Waals surface area contributed by atoms with Crippen LogP contribution < -0.4 is 5.32 Å². The van der Waals surface area contributed by atoms with Crippen molar-refractivity contribution in [2.45, 2.75) is 12.8 Å². The van der Waals surface area contributed by atoms with E-state index in [0.717, 1.165) is 5.92 Å². The molecule has 4 heteroatoms. The summed E-state index contributed by atoms with van der Waals surface area (Å²) in [6.07, 6.45) is 2.75. The Labute approximate surface area is 87.9 Å². The van der Waals surface area contributed by atoms with Crippen LogP contribution in [0.3, 0.4) is 0 Å². The number of rotatable bonds is 3. The minimum Gasteiger partial charge on any atom is -0.320 e. The highest BCUT2D eigenvalue weighted by Crippen LogP contribution is 2.16. The lowest BCUT2D eigenvalue weighted by molar-refractivity contribution is 0.387. The fraction of sp³-hybridized carbons (Fsp3) is 1.00. The minimum atomic E-state index is 0. The lowest BCUT2D eigenvalue weighted by Crippen LogP contribution is -2.17. The Morgan fingerprint density at radius 3 is 2.50 bits per heavy atom. The van der Waals surface area contributed by atoms with Crippen molar-refractivity contribution in [3.05, 3.63) is 0 Å². The van der Waals surface area contributed by atoms with Crippen LogP contribution in [-0.2, 0) is 0 Å². The van der Waals surface area contributed by atoms with Gasteiger partial charge in [0.1, 0.15) is 0 Å². The molecular formula is C8H20Cl2N2. The van der Waals surface area contributed by atoms with Crippen molar-refractivity contribution in [2.75, 3.05) is 33.7 Å². The lowest BCUT2D eigenvalue weighted by atomic mass is 10.1. The Kier molecular flexibility index (Phi) is 10.1. The van der Waals surface area contributed by atoms with Crippen molar-refractivity contribution in [2.24, 2.45) is 5.92 Å². The van der Waals surface area contributed by atoms with Gasteiger partial charge in [-0.15, -0.1) is 24.8 Å². The van der Waals surface area contributed by atoms with E-state index >= 15 is 0 Å². The highest BCUT2D eigenvalue weighted by atomic mass is 35.5. The Hall–Kier alpha value is 0.500. The summed E-state index contributed by atoms with van der Waals surface area (Å²) in [6.45, 7) is 3.79. The molecule has 0 aromatic rings. The zero-order valence-electron chi connectivity index (χ0n) is 7.88. The smallest absolute Gasteiger partial charge is 0.000756 e. The first-order chi connectivity index (χ1) is 4.83. The minimum absolute atomic E-state index is 0. The summed E-state index contributed by atoms with van der Waals surface area (Å²) >= 11 is 0. The molecule has 1 aliphatic rings. The molecule has 1 aliphatic heterocycles. The van der Waals surface area contributed by atoms with Gasteiger partial charge in [-0.1, -0.05) is 0 Å². The van der Waals surface area contributed by atoms with Crippen molar-refractivity contribution in [1.82, 2.24) is 10.2 Å². The molecule has 76 valence electrons. The van der Waals surface area contributed by atoms with Crippen LogP contribution in [0.4, 0.5) is 0 Å². The van der Waals surface area contributed by atoms with Crippen molar-refractivity contribution in [1.29, 1.82) is 0 Å². The van der Waals surface area contributed by atoms with Gasteiger partial charge in [0, 0.05) is 6.54 Å². The number of nitrogens with zero attached hydrogens (tertiary/aromatic N) is 1. The van der Waals surface area contributed by atoms with Gasteiger partial charge < -0.3 is 10.2 Å². The van der Waals surface area contributed by atoms with Crippen molar-refractivity contribution in [3.63, 3.8) is 0 Å². The Bertz CT molecular complexity index is 101. The lowest BCUT2D eigenvalue weighted by Gasteiger charge is -2.08. The molecule has 0 aromatic carbocycles. The first-order valence-corrected chi connectivity index (χ1v) is 4.16. The van der Waals surface area contributed by atoms with Crippen LogP contribution in [0.1, 0.15) is 12.8 Å². The molecule has 1 fully saturated rings. The molecule has 0 radical (unpaired) electrons. The van der Waals surface area contributed by atoms with Crippen LogP contribution in [-0.4, -0.2) is 38.6 Å². The second kappa shape index (κ2) is 8.11. The molecule has 12 heavy (non-hydrogen) atoms. The molecule has 1 rings (SSSR count). The summed E-state index contributed by atoms with van der Waals surface area (Å²) in [5.41, 5.74) is 0. The van der Waals surface area contributed by atoms with Gasteiger partial charge in [0.05, 0.1) is 0 Å². The maximum atomic E-state index is 3.19. The average Bonchev–Trinajstić information content (AvgIpc) is 2.31. The summed E-state index contributed by atoms with van der Waals surface area (Å²) in [6, 6.07) is 0. The number of halogens is 2. The molecule has 0 saturated carbocycles. The Morgan fingerprint density at radius 2 is 2.08 bits per heavy atom. The number of likely N-dealkylation sites (tertiary alicyclic amines) is 1. The Balaban J connectivity index is 0. The monoisotopic (exact) mass is 214 g/mol. The predicted octanol–water partition coefficient (Wildman–Crippen LogP) is 1.39. The molecule has 2 nitrogen and oxygen atoms in total. The van der Waals surface area contributed by atoms with E-state index in [-0.39, 0.29) is 24.8 Å². The maximum absolute atomic E-state index is 3.19. The van der Waals surface area contributed by atoms with Gasteiger partial charge in [0.25, 0.3) is 0 Å². The molecule has 0 bridgehead atoms. The molecule has 1 atom stereocenters. The SMILES string of the molecule is CNCCC1CCN(C)C1.Cl.Cl. The zero-order chi connectivity index (χ0) is 7.40. The van der Waals surface area contributed by atoms with E-state index in [4.69, 9.17) is 0 Å². The molecule has 0 amide bonds. The first kappa shape index (κ1) is 15.0. The van der Waals surface area contributed by atoms with Crippen LogP contribution in [0.25, 0.3) is 0 Å². The van der Waals surface area contributed by atoms with Gasteiger partial charge in [-0.3, -0.25) is 0 Å². The highest BCUT2D eigenvalue weighted by molar-refractivity contribution is 5.85. The first-order valence-electron chi connectivity index (χ1n) is 4.16. The standard InChI is InChI=1S/C8H18N2.2ClH/c1-9-5-3-8-4-6-10(2)7-8;;/h8-9H,3-7H2,1-2H3;2*1H. The average molecular weight is 215 g/mol. The van der Waals surface area contributed by atoms with E-state index < -0.39 is 0 Å². The molecule has 1 N–H and O–H groups in total. The topological polar surface area (TPSA) is 15.3 Å². The molecule has 0 spiro atoms. The number of hydrogen-bond acceptors (Lipinski definition) is 2. The van der Waals surface area contributed by atoms with Gasteiger partial charge in [0.2, 0.25) is 0 Å². The molecular weight excluding hydrogens is 195 g/mol. The van der Waals surface area contributed by atoms with E-state index in [9.17, 15) is 0 Å². The van der Waals surface area contributed by atoms with Crippen molar-refractivity contribution < 1.29 is 0 Å². The maximum Gasteiger partial charge on any atom is 0.000756 e. The quantitative estimate of drug-likeness (QED) is 0.765.